The molecule has 3 aromatic carbocycles. The lowest BCUT2D eigenvalue weighted by molar-refractivity contribution is 0.0689. The van der Waals surface area contributed by atoms with Gasteiger partial charge in [0.05, 0.1) is 25.8 Å². The Kier molecular flexibility index (Phi) is 5.21. The van der Waals surface area contributed by atoms with E-state index in [2.05, 4.69) is 0 Å². The number of nitrogens with zero attached hydrogens (tertiary/aromatic N) is 1. The van der Waals surface area contributed by atoms with E-state index in [0.717, 1.165) is 16.7 Å². The number of fused-ring (bicyclic) bond motifs is 1. The fourth-order valence-electron chi connectivity index (χ4n) is 3.95. The van der Waals surface area contributed by atoms with Crippen molar-refractivity contribution >= 4 is 5.91 Å². The van der Waals surface area contributed by atoms with Crippen molar-refractivity contribution in [3.05, 3.63) is 94.8 Å². The van der Waals surface area contributed by atoms with Crippen molar-refractivity contribution in [3.63, 3.8) is 0 Å². The number of ether oxygens (including phenoxy) is 2. The van der Waals surface area contributed by atoms with Crippen molar-refractivity contribution in [2.45, 2.75) is 12.5 Å². The van der Waals surface area contributed by atoms with Gasteiger partial charge in [-0.1, -0.05) is 42.5 Å². The van der Waals surface area contributed by atoms with Crippen LogP contribution < -0.4 is 9.47 Å². The molecule has 0 bridgehead atoms. The smallest absolute Gasteiger partial charge is 0.257 e. The molecule has 5 heteroatoms. The number of halogens is 1. The second kappa shape index (κ2) is 7.95. The standard InChI is InChI=1S/C24H22FNO3/c1-28-21-14-17-12-13-26(24(27)18-10-6-7-11-20(18)25)23(16-8-4-3-5-9-16)19(17)15-22(21)29-2/h3-11,14-15,23H,12-13H2,1-2H3/t23-/m1/s1. The quantitative estimate of drug-likeness (QED) is 0.651. The molecule has 1 aliphatic rings. The van der Waals surface area contributed by atoms with E-state index in [0.29, 0.717) is 24.5 Å². The third kappa shape index (κ3) is 3.44. The molecule has 0 fully saturated rings. The fourth-order valence-corrected chi connectivity index (χ4v) is 3.95. The van der Waals surface area contributed by atoms with Gasteiger partial charge in [-0.15, -0.1) is 0 Å². The molecule has 0 unspecified atom stereocenters. The highest BCUT2D eigenvalue weighted by Gasteiger charge is 2.34. The lowest BCUT2D eigenvalue weighted by atomic mass is 9.87. The van der Waals surface area contributed by atoms with E-state index in [1.54, 1.807) is 31.3 Å². The highest BCUT2D eigenvalue weighted by molar-refractivity contribution is 5.95. The summed E-state index contributed by atoms with van der Waals surface area (Å²) in [4.78, 5) is 15.1. The van der Waals surface area contributed by atoms with E-state index in [9.17, 15) is 9.18 Å². The number of hydrogen-bond acceptors (Lipinski definition) is 3. The van der Waals surface area contributed by atoms with Crippen LogP contribution in [0, 0.1) is 5.82 Å². The number of hydrogen-bond donors (Lipinski definition) is 0. The summed E-state index contributed by atoms with van der Waals surface area (Å²) in [7, 11) is 3.20. The van der Waals surface area contributed by atoms with Crippen molar-refractivity contribution in [2.24, 2.45) is 0 Å². The van der Waals surface area contributed by atoms with Crippen LogP contribution in [0.1, 0.15) is 33.1 Å². The van der Waals surface area contributed by atoms with E-state index in [1.807, 2.05) is 42.5 Å². The van der Waals surface area contributed by atoms with Gasteiger partial charge >= 0.3 is 0 Å². The van der Waals surface area contributed by atoms with Gasteiger partial charge in [-0.3, -0.25) is 4.79 Å². The summed E-state index contributed by atoms with van der Waals surface area (Å²) in [6.07, 6.45) is 0.652. The number of rotatable bonds is 4. The van der Waals surface area contributed by atoms with E-state index in [4.69, 9.17) is 9.47 Å². The summed E-state index contributed by atoms with van der Waals surface area (Å²) in [6.45, 7) is 0.481. The van der Waals surface area contributed by atoms with Crippen molar-refractivity contribution < 1.29 is 18.7 Å². The summed E-state index contributed by atoms with van der Waals surface area (Å²) in [6, 6.07) is 19.4. The monoisotopic (exact) mass is 391 g/mol. The van der Waals surface area contributed by atoms with Crippen LogP contribution >= 0.6 is 0 Å². The van der Waals surface area contributed by atoms with Crippen LogP contribution in [0.15, 0.2) is 66.7 Å². The molecule has 148 valence electrons. The lowest BCUT2D eigenvalue weighted by Gasteiger charge is -2.38. The third-order valence-corrected chi connectivity index (χ3v) is 5.35. The van der Waals surface area contributed by atoms with E-state index >= 15 is 0 Å². The second-order valence-electron chi connectivity index (χ2n) is 6.95. The minimum absolute atomic E-state index is 0.0809. The Morgan fingerprint density at radius 1 is 0.966 bits per heavy atom. The zero-order valence-corrected chi connectivity index (χ0v) is 16.4. The molecule has 1 aliphatic heterocycles. The van der Waals surface area contributed by atoms with Crippen LogP contribution in [-0.4, -0.2) is 31.6 Å². The minimum Gasteiger partial charge on any atom is -0.493 e. The summed E-state index contributed by atoms with van der Waals surface area (Å²) in [5.74, 6) is 0.430. The maximum atomic E-state index is 14.4. The lowest BCUT2D eigenvalue weighted by Crippen LogP contribution is -2.41. The SMILES string of the molecule is COc1cc2c(cc1OC)[C@@H](c1ccccc1)N(C(=O)c1ccccc1F)CC2. The molecular formula is C24H22FNO3. The molecule has 4 rings (SSSR count). The molecule has 0 aromatic heterocycles. The van der Waals surface area contributed by atoms with Gasteiger partial charge in [0.1, 0.15) is 5.82 Å². The van der Waals surface area contributed by atoms with Crippen molar-refractivity contribution in [2.75, 3.05) is 20.8 Å². The second-order valence-corrected chi connectivity index (χ2v) is 6.95. The molecule has 1 atom stereocenters. The Balaban J connectivity index is 1.86. The normalized spacial score (nSPS) is 15.6. The Bertz CT molecular complexity index is 1040. The average Bonchev–Trinajstić information content (AvgIpc) is 2.77. The van der Waals surface area contributed by atoms with Gasteiger partial charge in [-0.2, -0.15) is 0 Å². The van der Waals surface area contributed by atoms with Gasteiger partial charge in [0.25, 0.3) is 5.91 Å². The molecule has 0 aliphatic carbocycles. The van der Waals surface area contributed by atoms with E-state index < -0.39 is 5.82 Å². The van der Waals surface area contributed by atoms with Crippen molar-refractivity contribution in [3.8, 4) is 11.5 Å². The molecular weight excluding hydrogens is 369 g/mol. The molecule has 0 spiro atoms. The molecule has 0 saturated carbocycles. The Hall–Kier alpha value is -3.34. The van der Waals surface area contributed by atoms with Gasteiger partial charge in [-0.05, 0) is 47.4 Å². The summed E-state index contributed by atoms with van der Waals surface area (Å²) < 4.78 is 25.3. The van der Waals surface area contributed by atoms with Crippen molar-refractivity contribution in [1.29, 1.82) is 0 Å². The first kappa shape index (κ1) is 19.0. The van der Waals surface area contributed by atoms with Crippen molar-refractivity contribution in [1.82, 2.24) is 4.90 Å². The zero-order chi connectivity index (χ0) is 20.4. The van der Waals surface area contributed by atoms with Gasteiger partial charge in [0.2, 0.25) is 0 Å². The largest absolute Gasteiger partial charge is 0.493 e. The predicted molar refractivity (Wildman–Crippen MR) is 109 cm³/mol. The number of amides is 1. The molecule has 0 radical (unpaired) electrons. The maximum Gasteiger partial charge on any atom is 0.257 e. The first-order chi connectivity index (χ1) is 14.1. The molecule has 4 nitrogen and oxygen atoms in total. The zero-order valence-electron chi connectivity index (χ0n) is 16.4. The molecule has 3 aromatic rings. The van der Waals surface area contributed by atoms with Gasteiger partial charge in [0.15, 0.2) is 11.5 Å². The molecule has 1 heterocycles. The average molecular weight is 391 g/mol. The van der Waals surface area contributed by atoms with Crippen LogP contribution in [0.25, 0.3) is 0 Å². The van der Waals surface area contributed by atoms with Gasteiger partial charge < -0.3 is 14.4 Å². The number of methoxy groups -OCH3 is 2. The fraction of sp³-hybridized carbons (Fsp3) is 0.208. The van der Waals surface area contributed by atoms with Crippen LogP contribution in [0.3, 0.4) is 0 Å². The van der Waals surface area contributed by atoms with E-state index in [-0.39, 0.29) is 17.5 Å². The topological polar surface area (TPSA) is 38.8 Å². The number of carbonyl (C=O) groups excluding carboxylic acids is 1. The van der Waals surface area contributed by atoms with Gasteiger partial charge in [0, 0.05) is 6.54 Å². The molecule has 0 saturated heterocycles. The Morgan fingerprint density at radius 2 is 1.62 bits per heavy atom. The van der Waals surface area contributed by atoms with Crippen LogP contribution in [-0.2, 0) is 6.42 Å². The first-order valence-electron chi connectivity index (χ1n) is 9.49. The minimum atomic E-state index is -0.512. The Morgan fingerprint density at radius 3 is 2.31 bits per heavy atom. The highest BCUT2D eigenvalue weighted by Crippen LogP contribution is 2.41. The molecule has 0 N–H and O–H groups in total. The number of benzene rings is 3. The summed E-state index contributed by atoms with van der Waals surface area (Å²) in [5.41, 5.74) is 3.10. The van der Waals surface area contributed by atoms with Crippen LogP contribution in [0.2, 0.25) is 0 Å². The predicted octanol–water partition coefficient (Wildman–Crippen LogP) is 4.63. The molecule has 1 amide bonds. The van der Waals surface area contributed by atoms with E-state index in [1.165, 1.54) is 12.1 Å². The number of carbonyl (C=O) groups is 1. The Labute approximate surface area is 169 Å². The first-order valence-corrected chi connectivity index (χ1v) is 9.49. The van der Waals surface area contributed by atoms with Crippen LogP contribution in [0.5, 0.6) is 11.5 Å². The molecule has 29 heavy (non-hydrogen) atoms. The highest BCUT2D eigenvalue weighted by atomic mass is 19.1. The summed E-state index contributed by atoms with van der Waals surface area (Å²) >= 11 is 0. The third-order valence-electron chi connectivity index (χ3n) is 5.35. The van der Waals surface area contributed by atoms with Crippen LogP contribution in [0.4, 0.5) is 4.39 Å². The maximum absolute atomic E-state index is 14.4. The van der Waals surface area contributed by atoms with Gasteiger partial charge in [-0.25, -0.2) is 4.39 Å². The summed E-state index contributed by atoms with van der Waals surface area (Å²) in [5, 5.41) is 0.